The molecule has 0 fully saturated rings. The minimum Gasteiger partial charge on any atom is -0.480 e. The van der Waals surface area contributed by atoms with Gasteiger partial charge in [-0.1, -0.05) is 6.92 Å². The van der Waals surface area contributed by atoms with E-state index in [1.165, 1.54) is 17.2 Å². The van der Waals surface area contributed by atoms with Crippen molar-refractivity contribution in [2.75, 3.05) is 13.1 Å². The van der Waals surface area contributed by atoms with Gasteiger partial charge in [0.15, 0.2) is 0 Å². The molecular formula is C10H12ClNO4. The number of carboxylic acid groups (broad SMARTS) is 1. The number of hydrogen-bond donors (Lipinski definition) is 1. The molecule has 1 aromatic rings. The van der Waals surface area contributed by atoms with Crippen LogP contribution in [0.1, 0.15) is 23.7 Å². The van der Waals surface area contributed by atoms with Gasteiger partial charge in [0.25, 0.3) is 5.91 Å². The molecule has 1 heterocycles. The zero-order chi connectivity index (χ0) is 12.1. The summed E-state index contributed by atoms with van der Waals surface area (Å²) in [6, 6.07) is 1.43. The van der Waals surface area contributed by atoms with Gasteiger partial charge in [0.2, 0.25) is 5.22 Å². The second-order valence-corrected chi connectivity index (χ2v) is 3.57. The largest absolute Gasteiger partial charge is 0.480 e. The van der Waals surface area contributed by atoms with Gasteiger partial charge in [0.05, 0.1) is 11.8 Å². The fourth-order valence-corrected chi connectivity index (χ4v) is 1.50. The Labute approximate surface area is 97.6 Å². The first-order valence-corrected chi connectivity index (χ1v) is 5.18. The summed E-state index contributed by atoms with van der Waals surface area (Å²) in [4.78, 5) is 23.7. The molecule has 0 radical (unpaired) electrons. The molecule has 6 heteroatoms. The van der Waals surface area contributed by atoms with Gasteiger partial charge in [-0.15, -0.1) is 0 Å². The lowest BCUT2D eigenvalue weighted by molar-refractivity contribution is -0.137. The Bertz CT molecular complexity index is 388. The quantitative estimate of drug-likeness (QED) is 0.860. The van der Waals surface area contributed by atoms with Crippen molar-refractivity contribution in [1.82, 2.24) is 4.90 Å². The van der Waals surface area contributed by atoms with Crippen LogP contribution in [-0.2, 0) is 4.79 Å². The molecular weight excluding hydrogens is 234 g/mol. The molecule has 0 saturated carbocycles. The van der Waals surface area contributed by atoms with Gasteiger partial charge in [0, 0.05) is 6.54 Å². The first-order chi connectivity index (χ1) is 7.56. The molecule has 0 bridgehead atoms. The summed E-state index contributed by atoms with van der Waals surface area (Å²) < 4.78 is 4.79. The van der Waals surface area contributed by atoms with Crippen LogP contribution in [0, 0.1) is 0 Å². The predicted octanol–water partition coefficient (Wildman–Crippen LogP) is 1.87. The summed E-state index contributed by atoms with van der Waals surface area (Å²) in [6.07, 6.45) is 1.97. The van der Waals surface area contributed by atoms with Crippen molar-refractivity contribution in [2.45, 2.75) is 13.3 Å². The predicted molar refractivity (Wildman–Crippen MR) is 57.5 cm³/mol. The molecule has 1 amide bonds. The van der Waals surface area contributed by atoms with Crippen LogP contribution in [0.3, 0.4) is 0 Å². The lowest BCUT2D eigenvalue weighted by Crippen LogP contribution is -2.36. The Kier molecular flexibility index (Phi) is 4.37. The average molecular weight is 246 g/mol. The van der Waals surface area contributed by atoms with E-state index in [1.54, 1.807) is 0 Å². The molecule has 1 N–H and O–H groups in total. The molecule has 1 rings (SSSR count). The summed E-state index contributed by atoms with van der Waals surface area (Å²) in [6.45, 7) is 1.89. The summed E-state index contributed by atoms with van der Waals surface area (Å²) in [5.74, 6) is -1.48. The van der Waals surface area contributed by atoms with E-state index in [0.717, 1.165) is 0 Å². The molecule has 0 aromatic carbocycles. The third kappa shape index (κ3) is 3.00. The number of carboxylic acids is 1. The normalized spacial score (nSPS) is 10.1. The van der Waals surface area contributed by atoms with Crippen molar-refractivity contribution in [2.24, 2.45) is 0 Å². The number of aliphatic carboxylic acids is 1. The number of carbonyl (C=O) groups is 2. The van der Waals surface area contributed by atoms with Crippen molar-refractivity contribution in [3.8, 4) is 0 Å². The minimum absolute atomic E-state index is 0.0171. The maximum absolute atomic E-state index is 11.9. The molecule has 1 aromatic heterocycles. The van der Waals surface area contributed by atoms with Gasteiger partial charge in [-0.25, -0.2) is 0 Å². The van der Waals surface area contributed by atoms with Crippen LogP contribution in [0.15, 0.2) is 16.7 Å². The zero-order valence-electron chi connectivity index (χ0n) is 8.77. The molecule has 16 heavy (non-hydrogen) atoms. The maximum atomic E-state index is 11.9. The highest BCUT2D eigenvalue weighted by atomic mass is 35.5. The molecule has 0 unspecified atom stereocenters. The van der Waals surface area contributed by atoms with E-state index in [9.17, 15) is 9.59 Å². The lowest BCUT2D eigenvalue weighted by atomic mass is 10.2. The van der Waals surface area contributed by atoms with E-state index in [1.807, 2.05) is 6.92 Å². The van der Waals surface area contributed by atoms with Gasteiger partial charge < -0.3 is 14.4 Å². The fraction of sp³-hybridized carbons (Fsp3) is 0.400. The Hall–Kier alpha value is -1.49. The topological polar surface area (TPSA) is 70.8 Å². The van der Waals surface area contributed by atoms with E-state index < -0.39 is 11.9 Å². The first-order valence-electron chi connectivity index (χ1n) is 4.80. The van der Waals surface area contributed by atoms with Crippen molar-refractivity contribution in [3.05, 3.63) is 23.1 Å². The summed E-state index contributed by atoms with van der Waals surface area (Å²) in [7, 11) is 0. The van der Waals surface area contributed by atoms with Crippen molar-refractivity contribution in [3.63, 3.8) is 0 Å². The van der Waals surface area contributed by atoms with Crippen LogP contribution in [-0.4, -0.2) is 35.0 Å². The van der Waals surface area contributed by atoms with Crippen LogP contribution >= 0.6 is 11.6 Å². The van der Waals surface area contributed by atoms with Crippen molar-refractivity contribution in [1.29, 1.82) is 0 Å². The number of amides is 1. The van der Waals surface area contributed by atoms with E-state index in [0.29, 0.717) is 13.0 Å². The van der Waals surface area contributed by atoms with Gasteiger partial charge in [-0.3, -0.25) is 9.59 Å². The molecule has 5 nitrogen and oxygen atoms in total. The van der Waals surface area contributed by atoms with Gasteiger partial charge in [-0.2, -0.15) is 0 Å². The molecule has 88 valence electrons. The lowest BCUT2D eigenvalue weighted by Gasteiger charge is -2.19. The monoisotopic (exact) mass is 245 g/mol. The van der Waals surface area contributed by atoms with Crippen LogP contribution in [0.2, 0.25) is 5.22 Å². The maximum Gasteiger partial charge on any atom is 0.323 e. The van der Waals surface area contributed by atoms with Gasteiger partial charge >= 0.3 is 5.97 Å². The van der Waals surface area contributed by atoms with Crippen LogP contribution in [0.4, 0.5) is 0 Å². The summed E-state index contributed by atoms with van der Waals surface area (Å²) in [5.41, 5.74) is 0.191. The smallest absolute Gasteiger partial charge is 0.323 e. The number of furan rings is 1. The fourth-order valence-electron chi connectivity index (χ4n) is 1.30. The van der Waals surface area contributed by atoms with E-state index >= 15 is 0 Å². The molecule has 0 saturated heterocycles. The van der Waals surface area contributed by atoms with Crippen molar-refractivity contribution < 1.29 is 19.1 Å². The second-order valence-electron chi connectivity index (χ2n) is 3.23. The number of hydrogen-bond acceptors (Lipinski definition) is 3. The molecule has 0 spiro atoms. The van der Waals surface area contributed by atoms with Crippen molar-refractivity contribution >= 4 is 23.5 Å². The molecule has 0 aliphatic carbocycles. The highest BCUT2D eigenvalue weighted by Crippen LogP contribution is 2.18. The highest BCUT2D eigenvalue weighted by Gasteiger charge is 2.21. The minimum atomic E-state index is -1.05. The summed E-state index contributed by atoms with van der Waals surface area (Å²) >= 11 is 5.65. The number of nitrogens with zero attached hydrogens (tertiary/aromatic N) is 1. The third-order valence-corrected chi connectivity index (χ3v) is 2.25. The van der Waals surface area contributed by atoms with Crippen LogP contribution < -0.4 is 0 Å². The van der Waals surface area contributed by atoms with E-state index in [-0.39, 0.29) is 17.3 Å². The van der Waals surface area contributed by atoms with Gasteiger partial charge in [0.1, 0.15) is 6.54 Å². The summed E-state index contributed by atoms with van der Waals surface area (Å²) in [5, 5.41) is 8.66. The van der Waals surface area contributed by atoms with Crippen LogP contribution in [0.5, 0.6) is 0 Å². The average Bonchev–Trinajstić information content (AvgIpc) is 2.62. The second kappa shape index (κ2) is 5.55. The number of halogens is 1. The molecule has 0 aliphatic rings. The standard InChI is InChI=1S/C10H12ClNO4/c1-2-4-12(6-8(13)14)10(15)7-3-5-16-9(7)11/h3,5H,2,4,6H2,1H3,(H,13,14). The SMILES string of the molecule is CCCN(CC(=O)O)C(=O)c1ccoc1Cl. The number of rotatable bonds is 5. The Balaban J connectivity index is 2.82. The van der Waals surface area contributed by atoms with Gasteiger partial charge in [-0.05, 0) is 24.1 Å². The Morgan fingerprint density at radius 1 is 1.56 bits per heavy atom. The van der Waals surface area contributed by atoms with E-state index in [2.05, 4.69) is 0 Å². The molecule has 0 atom stereocenters. The number of carbonyl (C=O) groups excluding carboxylic acids is 1. The van der Waals surface area contributed by atoms with E-state index in [4.69, 9.17) is 21.1 Å². The molecule has 0 aliphatic heterocycles. The third-order valence-electron chi connectivity index (χ3n) is 1.96. The highest BCUT2D eigenvalue weighted by molar-refractivity contribution is 6.32. The first kappa shape index (κ1) is 12.6. The van der Waals surface area contributed by atoms with Crippen LogP contribution in [0.25, 0.3) is 0 Å². The Morgan fingerprint density at radius 2 is 2.25 bits per heavy atom. The Morgan fingerprint density at radius 3 is 2.69 bits per heavy atom. The zero-order valence-corrected chi connectivity index (χ0v) is 9.53.